The number of hydrogen-bond acceptors (Lipinski definition) is 6. The molecule has 0 aromatic heterocycles. The minimum atomic E-state index is -3.83. The molecule has 0 radical (unpaired) electrons. The van der Waals surface area contributed by atoms with Gasteiger partial charge in [0.05, 0.1) is 35.5 Å². The molecule has 0 unspecified atom stereocenters. The van der Waals surface area contributed by atoms with Crippen molar-refractivity contribution in [1.29, 1.82) is 0 Å². The van der Waals surface area contributed by atoms with Gasteiger partial charge in [-0.15, -0.1) is 0 Å². The van der Waals surface area contributed by atoms with Crippen LogP contribution in [0.5, 0.6) is 5.75 Å². The summed E-state index contributed by atoms with van der Waals surface area (Å²) in [6, 6.07) is 4.19. The Labute approximate surface area is 126 Å². The first kappa shape index (κ1) is 14.4. The molecule has 0 saturated heterocycles. The summed E-state index contributed by atoms with van der Waals surface area (Å²) in [7, 11) is -2.42. The number of benzene rings is 1. The van der Waals surface area contributed by atoms with Gasteiger partial charge >= 0.3 is 0 Å². The fourth-order valence-corrected chi connectivity index (χ4v) is 2.66. The quantitative estimate of drug-likeness (QED) is 0.783. The summed E-state index contributed by atoms with van der Waals surface area (Å²) >= 11 is 0. The van der Waals surface area contributed by atoms with Crippen LogP contribution in [0.1, 0.15) is 5.56 Å². The van der Waals surface area contributed by atoms with Crippen molar-refractivity contribution in [3.8, 4) is 5.75 Å². The third kappa shape index (κ3) is 2.51. The van der Waals surface area contributed by atoms with Crippen LogP contribution in [0, 0.1) is 0 Å². The smallest absolute Gasteiger partial charge is 0.246 e. The van der Waals surface area contributed by atoms with E-state index in [-0.39, 0.29) is 16.6 Å². The number of sulfonamides is 1. The molecule has 0 aliphatic carbocycles. The third-order valence-electron chi connectivity index (χ3n) is 3.20. The number of amides is 1. The normalized spacial score (nSPS) is 17.2. The molecular formula is C13H12N4O4S. The number of ether oxygens (including phenoxy) is 1. The van der Waals surface area contributed by atoms with Gasteiger partial charge < -0.3 is 10.1 Å². The Morgan fingerprint density at radius 3 is 2.77 bits per heavy atom. The van der Waals surface area contributed by atoms with Gasteiger partial charge in [0.25, 0.3) is 0 Å². The number of nitrogens with zero attached hydrogens (tertiary/aromatic N) is 2. The van der Waals surface area contributed by atoms with Crippen molar-refractivity contribution in [3.05, 3.63) is 35.5 Å². The van der Waals surface area contributed by atoms with Gasteiger partial charge in [0.2, 0.25) is 15.9 Å². The largest absolute Gasteiger partial charge is 0.496 e. The van der Waals surface area contributed by atoms with E-state index in [4.69, 9.17) is 9.88 Å². The van der Waals surface area contributed by atoms with E-state index in [1.165, 1.54) is 31.4 Å². The average Bonchev–Trinajstić information content (AvgIpc) is 2.88. The van der Waals surface area contributed by atoms with E-state index in [1.54, 1.807) is 0 Å². The maximum absolute atomic E-state index is 11.4. The van der Waals surface area contributed by atoms with E-state index in [0.717, 1.165) is 0 Å². The van der Waals surface area contributed by atoms with Gasteiger partial charge in [-0.1, -0.05) is 0 Å². The summed E-state index contributed by atoms with van der Waals surface area (Å²) in [5.41, 5.74) is 1.66. The number of primary sulfonamides is 1. The van der Waals surface area contributed by atoms with Gasteiger partial charge in [0.1, 0.15) is 5.75 Å². The van der Waals surface area contributed by atoms with Crippen molar-refractivity contribution in [3.63, 3.8) is 0 Å². The van der Waals surface area contributed by atoms with E-state index >= 15 is 0 Å². The summed E-state index contributed by atoms with van der Waals surface area (Å²) in [5, 5.41) is 7.74. The highest BCUT2D eigenvalue weighted by Gasteiger charge is 2.24. The Balaban J connectivity index is 2.07. The Bertz CT molecular complexity index is 868. The summed E-state index contributed by atoms with van der Waals surface area (Å²) in [6.45, 7) is 0.301. The highest BCUT2D eigenvalue weighted by molar-refractivity contribution is 7.89. The molecule has 8 nitrogen and oxygen atoms in total. The molecule has 3 rings (SSSR count). The van der Waals surface area contributed by atoms with Gasteiger partial charge in [-0.05, 0) is 12.1 Å². The van der Waals surface area contributed by atoms with Gasteiger partial charge in [-0.2, -0.15) is 0 Å². The maximum Gasteiger partial charge on any atom is 0.246 e. The number of methoxy groups -OCH3 is 1. The molecule has 2 heterocycles. The van der Waals surface area contributed by atoms with Crippen molar-refractivity contribution in [2.75, 3.05) is 13.7 Å². The molecule has 9 heteroatoms. The number of rotatable bonds is 3. The SMILES string of the molecule is COc1cc(S(N)(=O)=O)ccc1C1=NC2=CC(=O)NCC2=N1. The summed E-state index contributed by atoms with van der Waals surface area (Å²) in [5.74, 6) is 0.416. The molecule has 0 spiro atoms. The highest BCUT2D eigenvalue weighted by Crippen LogP contribution is 2.26. The van der Waals surface area contributed by atoms with Crippen LogP contribution in [0.3, 0.4) is 0 Å². The molecule has 0 bridgehead atoms. The third-order valence-corrected chi connectivity index (χ3v) is 4.11. The van der Waals surface area contributed by atoms with E-state index in [0.29, 0.717) is 29.4 Å². The molecule has 0 atom stereocenters. The zero-order valence-corrected chi connectivity index (χ0v) is 12.3. The number of hydrogen-bond donors (Lipinski definition) is 2. The van der Waals surface area contributed by atoms with Crippen LogP contribution >= 0.6 is 0 Å². The Morgan fingerprint density at radius 1 is 1.32 bits per heavy atom. The Kier molecular flexibility index (Phi) is 3.30. The lowest BCUT2D eigenvalue weighted by atomic mass is 10.2. The Morgan fingerprint density at radius 2 is 2.09 bits per heavy atom. The lowest BCUT2D eigenvalue weighted by Crippen LogP contribution is -2.32. The molecule has 2 aliphatic heterocycles. The minimum Gasteiger partial charge on any atom is -0.496 e. The monoisotopic (exact) mass is 320 g/mol. The molecule has 1 aromatic rings. The molecule has 22 heavy (non-hydrogen) atoms. The second-order valence-electron chi connectivity index (χ2n) is 4.65. The van der Waals surface area contributed by atoms with E-state index < -0.39 is 10.0 Å². The molecule has 0 fully saturated rings. The van der Waals surface area contributed by atoms with Gasteiger partial charge in [-0.3, -0.25) is 4.79 Å². The topological polar surface area (TPSA) is 123 Å². The molecule has 1 amide bonds. The Hall–Kier alpha value is -2.52. The molecule has 1 aromatic carbocycles. The molecular weight excluding hydrogens is 308 g/mol. The summed E-state index contributed by atoms with van der Waals surface area (Å²) in [4.78, 5) is 19.9. The maximum atomic E-state index is 11.4. The van der Waals surface area contributed by atoms with Gasteiger partial charge in [-0.25, -0.2) is 23.5 Å². The standard InChI is InChI=1S/C13H12N4O4S/c1-21-11-4-7(22(14,19)20)2-3-8(11)13-16-9-5-12(18)15-6-10(9)17-13/h2-5H,6H2,1H3,(H,15,18)(H2,14,19,20). The number of carbonyl (C=O) groups excluding carboxylic acids is 1. The lowest BCUT2D eigenvalue weighted by molar-refractivity contribution is -0.116. The second-order valence-corrected chi connectivity index (χ2v) is 6.21. The first-order valence-electron chi connectivity index (χ1n) is 6.26. The molecule has 0 saturated carbocycles. The molecule has 2 aliphatic rings. The first-order valence-corrected chi connectivity index (χ1v) is 7.80. The van der Waals surface area contributed by atoms with Crippen LogP contribution in [0.2, 0.25) is 0 Å². The molecule has 114 valence electrons. The van der Waals surface area contributed by atoms with Crippen LogP contribution < -0.4 is 15.2 Å². The number of nitrogens with one attached hydrogen (secondary N) is 1. The van der Waals surface area contributed by atoms with Crippen molar-refractivity contribution in [2.24, 2.45) is 15.1 Å². The predicted molar refractivity (Wildman–Crippen MR) is 79.4 cm³/mol. The second kappa shape index (κ2) is 5.04. The van der Waals surface area contributed by atoms with Crippen molar-refractivity contribution in [2.45, 2.75) is 4.90 Å². The van der Waals surface area contributed by atoms with Crippen molar-refractivity contribution in [1.82, 2.24) is 5.32 Å². The van der Waals surface area contributed by atoms with Crippen LogP contribution in [-0.2, 0) is 14.8 Å². The van der Waals surface area contributed by atoms with Gasteiger partial charge in [0.15, 0.2) is 5.84 Å². The minimum absolute atomic E-state index is 0.0622. The van der Waals surface area contributed by atoms with Crippen LogP contribution in [0.25, 0.3) is 0 Å². The highest BCUT2D eigenvalue weighted by atomic mass is 32.2. The van der Waals surface area contributed by atoms with Crippen molar-refractivity contribution >= 4 is 27.5 Å². The van der Waals surface area contributed by atoms with Crippen LogP contribution in [0.4, 0.5) is 0 Å². The van der Waals surface area contributed by atoms with Crippen molar-refractivity contribution < 1.29 is 17.9 Å². The van der Waals surface area contributed by atoms with E-state index in [2.05, 4.69) is 15.3 Å². The zero-order chi connectivity index (χ0) is 15.9. The summed E-state index contributed by atoms with van der Waals surface area (Å²) in [6.07, 6.45) is 1.36. The fraction of sp³-hybridized carbons (Fsp3) is 0.154. The summed E-state index contributed by atoms with van der Waals surface area (Å²) < 4.78 is 28.0. The molecule has 3 N–H and O–H groups in total. The first-order chi connectivity index (χ1) is 10.4. The number of fused-ring (bicyclic) bond motifs is 1. The number of amidine groups is 1. The predicted octanol–water partition coefficient (Wildman–Crippen LogP) is -0.442. The van der Waals surface area contributed by atoms with E-state index in [1.807, 2.05) is 0 Å². The number of carbonyl (C=O) groups is 1. The van der Waals surface area contributed by atoms with Gasteiger partial charge in [0, 0.05) is 12.1 Å². The number of nitrogens with two attached hydrogens (primary N) is 1. The van der Waals surface area contributed by atoms with Crippen LogP contribution in [-0.4, -0.2) is 39.5 Å². The fourth-order valence-electron chi connectivity index (χ4n) is 2.13. The van der Waals surface area contributed by atoms with Crippen LogP contribution in [0.15, 0.2) is 44.9 Å². The zero-order valence-electron chi connectivity index (χ0n) is 11.5. The lowest BCUT2D eigenvalue weighted by Gasteiger charge is -2.08. The van der Waals surface area contributed by atoms with E-state index in [9.17, 15) is 13.2 Å². The average molecular weight is 320 g/mol. The number of aliphatic imine (C=N–C) groups is 2.